The van der Waals surface area contributed by atoms with Gasteiger partial charge >= 0.3 is 0 Å². The molecule has 1 N–H and O–H groups in total. The third kappa shape index (κ3) is 4.80. The number of carbonyl (C=O) groups excluding carboxylic acids is 2. The van der Waals surface area contributed by atoms with E-state index in [1.54, 1.807) is 35.4 Å². The van der Waals surface area contributed by atoms with Crippen molar-refractivity contribution in [1.82, 2.24) is 20.1 Å². The fourth-order valence-electron chi connectivity index (χ4n) is 2.91. The zero-order valence-electron chi connectivity index (χ0n) is 14.4. The predicted octanol–water partition coefficient (Wildman–Crippen LogP) is 1.81. The van der Waals surface area contributed by atoms with Crippen LogP contribution in [0.4, 0.5) is 0 Å². The minimum Gasteiger partial charge on any atom is -0.343 e. The van der Waals surface area contributed by atoms with Crippen LogP contribution in [0.15, 0.2) is 48.8 Å². The normalized spacial score (nSPS) is 14.9. The fourth-order valence-corrected chi connectivity index (χ4v) is 3.14. The lowest BCUT2D eigenvalue weighted by Crippen LogP contribution is -2.50. The van der Waals surface area contributed by atoms with Crippen molar-refractivity contribution < 1.29 is 9.59 Å². The van der Waals surface area contributed by atoms with E-state index in [4.69, 9.17) is 11.6 Å². The predicted molar refractivity (Wildman–Crippen MR) is 99.9 cm³/mol. The van der Waals surface area contributed by atoms with Crippen molar-refractivity contribution in [2.45, 2.75) is 6.54 Å². The zero-order valence-corrected chi connectivity index (χ0v) is 15.2. The molecule has 0 aliphatic carbocycles. The van der Waals surface area contributed by atoms with Gasteiger partial charge in [0.15, 0.2) is 0 Å². The second-order valence-electron chi connectivity index (χ2n) is 6.18. The summed E-state index contributed by atoms with van der Waals surface area (Å²) in [5, 5.41) is 3.03. The van der Waals surface area contributed by atoms with Crippen molar-refractivity contribution in [3.63, 3.8) is 0 Å². The highest BCUT2D eigenvalue weighted by molar-refractivity contribution is 6.33. The first-order valence-corrected chi connectivity index (χ1v) is 8.93. The number of hydrogen-bond acceptors (Lipinski definition) is 4. The molecule has 0 spiro atoms. The molecule has 2 aromatic rings. The Morgan fingerprint density at radius 2 is 1.85 bits per heavy atom. The van der Waals surface area contributed by atoms with Gasteiger partial charge in [-0.3, -0.25) is 19.5 Å². The standard InChI is InChI=1S/C19H21ClN4O2/c20-17-6-2-1-5-16(17)19(26)22-13-18(25)24-10-8-23(9-11-24)14-15-4-3-7-21-12-15/h1-7,12H,8-11,13-14H2,(H,22,26). The van der Waals surface area contributed by atoms with Crippen LogP contribution in [0.25, 0.3) is 0 Å². The van der Waals surface area contributed by atoms with Crippen molar-refractivity contribution in [2.75, 3.05) is 32.7 Å². The van der Waals surface area contributed by atoms with Crippen LogP contribution >= 0.6 is 11.6 Å². The highest BCUT2D eigenvalue weighted by Crippen LogP contribution is 2.14. The highest BCUT2D eigenvalue weighted by Gasteiger charge is 2.21. The van der Waals surface area contributed by atoms with E-state index in [0.29, 0.717) is 23.7 Å². The minimum absolute atomic E-state index is 0.0212. The van der Waals surface area contributed by atoms with Gasteiger partial charge in [-0.1, -0.05) is 29.8 Å². The van der Waals surface area contributed by atoms with Crippen LogP contribution in [0.3, 0.4) is 0 Å². The molecule has 1 aliphatic heterocycles. The molecular weight excluding hydrogens is 352 g/mol. The van der Waals surface area contributed by atoms with E-state index in [9.17, 15) is 9.59 Å². The molecule has 7 heteroatoms. The molecule has 1 aliphatic rings. The summed E-state index contributed by atoms with van der Waals surface area (Å²) in [6.45, 7) is 3.73. The molecule has 0 atom stereocenters. The van der Waals surface area contributed by atoms with Gasteiger partial charge in [-0.2, -0.15) is 0 Å². The molecule has 3 rings (SSSR count). The van der Waals surface area contributed by atoms with Crippen LogP contribution < -0.4 is 5.32 Å². The van der Waals surface area contributed by atoms with Gasteiger partial charge in [-0.05, 0) is 23.8 Å². The Hall–Kier alpha value is -2.44. The SMILES string of the molecule is O=C(NCC(=O)N1CCN(Cc2cccnc2)CC1)c1ccccc1Cl. The Kier molecular flexibility index (Phi) is 6.20. The van der Waals surface area contributed by atoms with Crippen LogP contribution in [0.5, 0.6) is 0 Å². The number of nitrogens with zero attached hydrogens (tertiary/aromatic N) is 3. The average Bonchev–Trinajstić information content (AvgIpc) is 2.67. The quantitative estimate of drug-likeness (QED) is 0.869. The number of aromatic nitrogens is 1. The first-order valence-electron chi connectivity index (χ1n) is 8.55. The zero-order chi connectivity index (χ0) is 18.4. The second-order valence-corrected chi connectivity index (χ2v) is 6.59. The summed E-state index contributed by atoms with van der Waals surface area (Å²) in [4.78, 5) is 32.7. The van der Waals surface area contributed by atoms with Crippen LogP contribution in [0.1, 0.15) is 15.9 Å². The first-order chi connectivity index (χ1) is 12.6. The van der Waals surface area contributed by atoms with E-state index in [1.165, 1.54) is 5.56 Å². The van der Waals surface area contributed by atoms with Gasteiger partial charge in [0.25, 0.3) is 5.91 Å². The van der Waals surface area contributed by atoms with Gasteiger partial charge in [-0.25, -0.2) is 0 Å². The van der Waals surface area contributed by atoms with Crippen LogP contribution in [0.2, 0.25) is 5.02 Å². The number of halogens is 1. The van der Waals surface area contributed by atoms with Crippen LogP contribution in [0, 0.1) is 0 Å². The number of amides is 2. The molecule has 2 amide bonds. The number of hydrogen-bond donors (Lipinski definition) is 1. The van der Waals surface area contributed by atoms with Gasteiger partial charge in [-0.15, -0.1) is 0 Å². The molecule has 1 aromatic heterocycles. The smallest absolute Gasteiger partial charge is 0.253 e. The summed E-state index contributed by atoms with van der Waals surface area (Å²) in [7, 11) is 0. The third-order valence-electron chi connectivity index (χ3n) is 4.37. The molecule has 1 fully saturated rings. The van der Waals surface area contributed by atoms with Crippen molar-refractivity contribution in [2.24, 2.45) is 0 Å². The largest absolute Gasteiger partial charge is 0.343 e. The molecule has 0 radical (unpaired) electrons. The lowest BCUT2D eigenvalue weighted by molar-refractivity contribution is -0.131. The summed E-state index contributed by atoms with van der Waals surface area (Å²) in [6.07, 6.45) is 3.62. The Morgan fingerprint density at radius 3 is 2.54 bits per heavy atom. The molecule has 1 saturated heterocycles. The van der Waals surface area contributed by atoms with Crippen LogP contribution in [-0.4, -0.2) is 59.3 Å². The third-order valence-corrected chi connectivity index (χ3v) is 4.70. The summed E-state index contributed by atoms with van der Waals surface area (Å²) in [6, 6.07) is 10.8. The molecule has 0 unspecified atom stereocenters. The molecule has 0 saturated carbocycles. The average molecular weight is 373 g/mol. The lowest BCUT2D eigenvalue weighted by atomic mass is 10.2. The van der Waals surface area contributed by atoms with Crippen molar-refractivity contribution in [1.29, 1.82) is 0 Å². The Labute approximate surface area is 157 Å². The van der Waals surface area contributed by atoms with E-state index in [1.807, 2.05) is 12.3 Å². The van der Waals surface area contributed by atoms with Crippen molar-refractivity contribution in [3.8, 4) is 0 Å². The number of rotatable bonds is 5. The molecule has 0 bridgehead atoms. The monoisotopic (exact) mass is 372 g/mol. The van der Waals surface area contributed by atoms with Gasteiger partial charge in [0.2, 0.25) is 5.91 Å². The molecule has 6 nitrogen and oxygen atoms in total. The van der Waals surface area contributed by atoms with Gasteiger partial charge < -0.3 is 10.2 Å². The number of pyridine rings is 1. The Bertz CT molecular complexity index is 761. The number of piperazine rings is 1. The molecule has 1 aromatic carbocycles. The minimum atomic E-state index is -0.334. The Balaban J connectivity index is 1.44. The van der Waals surface area contributed by atoms with Crippen LogP contribution in [-0.2, 0) is 11.3 Å². The van der Waals surface area contributed by atoms with E-state index >= 15 is 0 Å². The van der Waals surface area contributed by atoms with E-state index in [0.717, 1.165) is 19.6 Å². The molecule has 136 valence electrons. The van der Waals surface area contributed by atoms with Gasteiger partial charge in [0.1, 0.15) is 0 Å². The maximum absolute atomic E-state index is 12.3. The summed E-state index contributed by atoms with van der Waals surface area (Å²) in [5.74, 6) is -0.411. The summed E-state index contributed by atoms with van der Waals surface area (Å²) < 4.78 is 0. The lowest BCUT2D eigenvalue weighted by Gasteiger charge is -2.34. The number of nitrogens with one attached hydrogen (secondary N) is 1. The molecule has 2 heterocycles. The van der Waals surface area contributed by atoms with E-state index in [-0.39, 0.29) is 18.4 Å². The Morgan fingerprint density at radius 1 is 1.08 bits per heavy atom. The first kappa shape index (κ1) is 18.4. The van der Waals surface area contributed by atoms with Crippen molar-refractivity contribution >= 4 is 23.4 Å². The second kappa shape index (κ2) is 8.78. The van der Waals surface area contributed by atoms with Gasteiger partial charge in [0.05, 0.1) is 17.1 Å². The van der Waals surface area contributed by atoms with E-state index in [2.05, 4.69) is 21.3 Å². The fraction of sp³-hybridized carbons (Fsp3) is 0.316. The summed E-state index contributed by atoms with van der Waals surface area (Å²) in [5.41, 5.74) is 1.54. The summed E-state index contributed by atoms with van der Waals surface area (Å²) >= 11 is 6.00. The maximum atomic E-state index is 12.3. The van der Waals surface area contributed by atoms with Gasteiger partial charge in [0, 0.05) is 45.1 Å². The topological polar surface area (TPSA) is 65.5 Å². The maximum Gasteiger partial charge on any atom is 0.253 e. The number of benzene rings is 1. The molecular formula is C19H21ClN4O2. The number of carbonyl (C=O) groups is 2. The van der Waals surface area contributed by atoms with E-state index < -0.39 is 0 Å². The van der Waals surface area contributed by atoms with Crippen molar-refractivity contribution in [3.05, 3.63) is 64.9 Å². The highest BCUT2D eigenvalue weighted by atomic mass is 35.5. The molecule has 26 heavy (non-hydrogen) atoms.